The quantitative estimate of drug-likeness (QED) is 0.568. The van der Waals surface area contributed by atoms with Gasteiger partial charge in [0.25, 0.3) is 0 Å². The summed E-state index contributed by atoms with van der Waals surface area (Å²) in [5.74, 6) is -1.40. The van der Waals surface area contributed by atoms with Gasteiger partial charge in [0.15, 0.2) is 0 Å². The Balaban J connectivity index is 1.97. The summed E-state index contributed by atoms with van der Waals surface area (Å²) in [5.41, 5.74) is 0. The first kappa shape index (κ1) is 16.1. The van der Waals surface area contributed by atoms with Gasteiger partial charge in [-0.15, -0.1) is 11.8 Å². The van der Waals surface area contributed by atoms with E-state index in [9.17, 15) is 19.5 Å². The maximum absolute atomic E-state index is 12.1. The first-order chi connectivity index (χ1) is 9.79. The molecule has 2 aliphatic rings. The van der Waals surface area contributed by atoms with Crippen LogP contribution < -0.4 is 5.32 Å². The van der Waals surface area contributed by atoms with E-state index in [1.165, 1.54) is 16.7 Å². The van der Waals surface area contributed by atoms with Crippen LogP contribution in [0.5, 0.6) is 0 Å². The van der Waals surface area contributed by atoms with Gasteiger partial charge in [-0.2, -0.15) is 0 Å². The lowest BCUT2D eigenvalue weighted by Gasteiger charge is -2.43. The molecule has 6 nitrogen and oxygen atoms in total. The van der Waals surface area contributed by atoms with Gasteiger partial charge in [0.1, 0.15) is 17.5 Å². The van der Waals surface area contributed by atoms with Gasteiger partial charge in [-0.05, 0) is 20.3 Å². The molecule has 7 heteroatoms. The molecule has 21 heavy (non-hydrogen) atoms. The van der Waals surface area contributed by atoms with Crippen molar-refractivity contribution < 1.29 is 19.5 Å². The van der Waals surface area contributed by atoms with Crippen molar-refractivity contribution in [2.24, 2.45) is 0 Å². The van der Waals surface area contributed by atoms with E-state index in [2.05, 4.69) is 12.2 Å². The molecule has 1 unspecified atom stereocenters. The van der Waals surface area contributed by atoms with Gasteiger partial charge in [0.2, 0.25) is 11.8 Å². The Morgan fingerprint density at radius 3 is 2.62 bits per heavy atom. The fourth-order valence-electron chi connectivity index (χ4n) is 2.93. The summed E-state index contributed by atoms with van der Waals surface area (Å²) in [6.07, 6.45) is 3.26. The van der Waals surface area contributed by atoms with E-state index in [0.29, 0.717) is 6.42 Å². The zero-order valence-corrected chi connectivity index (χ0v) is 13.4. The SMILES string of the molecule is CCCCCC(=O)NC1C(=O)N2[C@@H]1SC(C)(C)[C@@H]2C(=O)O. The third-order valence-corrected chi connectivity index (χ3v) is 5.57. The highest BCUT2D eigenvalue weighted by Crippen LogP contribution is 2.50. The number of carboxylic acids is 1. The molecule has 2 amide bonds. The molecule has 118 valence electrons. The van der Waals surface area contributed by atoms with Crippen molar-refractivity contribution in [3.05, 3.63) is 0 Å². The Kier molecular flexibility index (Phi) is 4.51. The molecule has 2 N–H and O–H groups in total. The van der Waals surface area contributed by atoms with Gasteiger partial charge in [-0.1, -0.05) is 19.8 Å². The number of carboxylic acid groups (broad SMARTS) is 1. The third kappa shape index (κ3) is 2.88. The predicted octanol–water partition coefficient (Wildman–Crippen LogP) is 1.20. The lowest BCUT2D eigenvalue weighted by atomic mass is 9.96. The number of hydrogen-bond acceptors (Lipinski definition) is 4. The molecule has 0 bridgehead atoms. The second-order valence-corrected chi connectivity index (χ2v) is 7.87. The van der Waals surface area contributed by atoms with Crippen molar-refractivity contribution >= 4 is 29.5 Å². The normalized spacial score (nSPS) is 29.8. The zero-order valence-electron chi connectivity index (χ0n) is 12.6. The molecule has 0 radical (unpaired) electrons. The molecule has 0 aromatic rings. The first-order valence-corrected chi connectivity index (χ1v) is 8.19. The molecular formula is C14H22N2O4S. The highest BCUT2D eigenvalue weighted by molar-refractivity contribution is 8.01. The molecule has 2 rings (SSSR count). The van der Waals surface area contributed by atoms with Crippen molar-refractivity contribution in [1.82, 2.24) is 10.2 Å². The average Bonchev–Trinajstić information content (AvgIpc) is 2.65. The molecule has 3 atom stereocenters. The number of fused-ring (bicyclic) bond motifs is 1. The van der Waals surface area contributed by atoms with Crippen LogP contribution in [0.15, 0.2) is 0 Å². The fourth-order valence-corrected chi connectivity index (χ4v) is 4.55. The number of amides is 2. The fraction of sp³-hybridized carbons (Fsp3) is 0.786. The Bertz CT molecular complexity index is 466. The maximum Gasteiger partial charge on any atom is 0.327 e. The Morgan fingerprint density at radius 2 is 2.05 bits per heavy atom. The van der Waals surface area contributed by atoms with Crippen LogP contribution in [0.3, 0.4) is 0 Å². The minimum Gasteiger partial charge on any atom is -0.480 e. The molecule has 0 saturated carbocycles. The van der Waals surface area contributed by atoms with Crippen LogP contribution in [0, 0.1) is 0 Å². The maximum atomic E-state index is 12.1. The average molecular weight is 314 g/mol. The molecule has 0 aliphatic carbocycles. The largest absolute Gasteiger partial charge is 0.480 e. The van der Waals surface area contributed by atoms with Gasteiger partial charge in [0.05, 0.1) is 0 Å². The summed E-state index contributed by atoms with van der Waals surface area (Å²) < 4.78 is -0.548. The molecule has 0 aromatic carbocycles. The lowest BCUT2D eigenvalue weighted by Crippen LogP contribution is -2.70. The van der Waals surface area contributed by atoms with Gasteiger partial charge >= 0.3 is 5.97 Å². The van der Waals surface area contributed by atoms with E-state index in [0.717, 1.165) is 19.3 Å². The van der Waals surface area contributed by atoms with E-state index in [1.807, 2.05) is 13.8 Å². The lowest BCUT2D eigenvalue weighted by molar-refractivity contribution is -0.161. The summed E-state index contributed by atoms with van der Waals surface area (Å²) in [7, 11) is 0. The van der Waals surface area contributed by atoms with E-state index >= 15 is 0 Å². The van der Waals surface area contributed by atoms with Crippen molar-refractivity contribution in [2.75, 3.05) is 0 Å². The molecule has 0 aromatic heterocycles. The van der Waals surface area contributed by atoms with Crippen LogP contribution in [0.2, 0.25) is 0 Å². The van der Waals surface area contributed by atoms with Crippen LogP contribution in [0.4, 0.5) is 0 Å². The Morgan fingerprint density at radius 1 is 1.38 bits per heavy atom. The summed E-state index contributed by atoms with van der Waals surface area (Å²) in [5, 5.41) is 11.8. The number of unbranched alkanes of at least 4 members (excludes halogenated alkanes) is 2. The number of carbonyl (C=O) groups excluding carboxylic acids is 2. The first-order valence-electron chi connectivity index (χ1n) is 7.31. The number of rotatable bonds is 6. The number of β-lactam (4-membered cyclic amide) rings is 1. The highest BCUT2D eigenvalue weighted by Gasteiger charge is 2.64. The topological polar surface area (TPSA) is 86.7 Å². The van der Waals surface area contributed by atoms with Crippen LogP contribution in [0.1, 0.15) is 46.5 Å². The van der Waals surface area contributed by atoms with Gasteiger partial charge in [-0.25, -0.2) is 4.79 Å². The van der Waals surface area contributed by atoms with Crippen LogP contribution in [-0.4, -0.2) is 50.0 Å². The molecular weight excluding hydrogens is 292 g/mol. The molecule has 2 heterocycles. The smallest absolute Gasteiger partial charge is 0.327 e. The third-order valence-electron chi connectivity index (χ3n) is 4.00. The molecule has 2 aliphatic heterocycles. The van der Waals surface area contributed by atoms with Crippen molar-refractivity contribution in [3.8, 4) is 0 Å². The minimum atomic E-state index is -0.990. The van der Waals surface area contributed by atoms with Crippen LogP contribution >= 0.6 is 11.8 Å². The number of nitrogens with one attached hydrogen (secondary N) is 1. The van der Waals surface area contributed by atoms with Crippen LogP contribution in [-0.2, 0) is 14.4 Å². The van der Waals surface area contributed by atoms with Gasteiger partial charge in [-0.3, -0.25) is 9.59 Å². The monoisotopic (exact) mass is 314 g/mol. The zero-order chi connectivity index (χ0) is 15.8. The number of hydrogen-bond donors (Lipinski definition) is 2. The number of carbonyl (C=O) groups is 3. The summed E-state index contributed by atoms with van der Waals surface area (Å²) in [6, 6.07) is -1.40. The summed E-state index contributed by atoms with van der Waals surface area (Å²) >= 11 is 1.45. The van der Waals surface area contributed by atoms with Crippen LogP contribution in [0.25, 0.3) is 0 Å². The van der Waals surface area contributed by atoms with E-state index < -0.39 is 22.8 Å². The van der Waals surface area contributed by atoms with Gasteiger partial charge < -0.3 is 15.3 Å². The van der Waals surface area contributed by atoms with Gasteiger partial charge in [0, 0.05) is 11.2 Å². The van der Waals surface area contributed by atoms with Crippen molar-refractivity contribution in [1.29, 1.82) is 0 Å². The molecule has 2 fully saturated rings. The Hall–Kier alpha value is -1.24. The predicted molar refractivity (Wildman–Crippen MR) is 79.8 cm³/mol. The number of nitrogens with zero attached hydrogens (tertiary/aromatic N) is 1. The Labute approximate surface area is 128 Å². The van der Waals surface area contributed by atoms with Crippen molar-refractivity contribution in [3.63, 3.8) is 0 Å². The standard InChI is InChI=1S/C14H22N2O4S/c1-4-5-6-7-8(17)15-9-11(18)16-10(13(19)20)14(2,3)21-12(9)16/h9-10,12H,4-7H2,1-3H3,(H,15,17)(H,19,20)/t9?,10-,12+/m0/s1. The second-order valence-electron chi connectivity index (χ2n) is 6.10. The molecule has 0 spiro atoms. The van der Waals surface area contributed by atoms with Crippen molar-refractivity contribution in [2.45, 2.75) is 68.7 Å². The minimum absolute atomic E-state index is 0.126. The second kappa shape index (κ2) is 5.87. The summed E-state index contributed by atoms with van der Waals surface area (Å²) in [6.45, 7) is 5.71. The number of aliphatic carboxylic acids is 1. The molecule has 2 saturated heterocycles. The van der Waals surface area contributed by atoms with E-state index in [-0.39, 0.29) is 17.2 Å². The van der Waals surface area contributed by atoms with E-state index in [1.54, 1.807) is 0 Å². The summed E-state index contributed by atoms with van der Waals surface area (Å²) in [4.78, 5) is 36.7. The van der Waals surface area contributed by atoms with E-state index in [4.69, 9.17) is 0 Å². The number of thioether (sulfide) groups is 1. The highest BCUT2D eigenvalue weighted by atomic mass is 32.2.